The van der Waals surface area contributed by atoms with Gasteiger partial charge in [-0.25, -0.2) is 4.98 Å². The fourth-order valence-corrected chi connectivity index (χ4v) is 2.06. The maximum atomic E-state index is 5.99. The number of nitrogen functional groups attached to an aromatic ring is 1. The van der Waals surface area contributed by atoms with Crippen molar-refractivity contribution in [2.75, 3.05) is 5.73 Å². The van der Waals surface area contributed by atoms with Crippen LogP contribution in [0.25, 0.3) is 0 Å². The SMILES string of the molecule is CC(C)Oc1ncnc(Sc2ccncc2)c1N. The highest BCUT2D eigenvalue weighted by Gasteiger charge is 2.11. The number of hydrogen-bond donors (Lipinski definition) is 1. The summed E-state index contributed by atoms with van der Waals surface area (Å²) in [6.07, 6.45) is 4.94. The smallest absolute Gasteiger partial charge is 0.241 e. The molecule has 0 amide bonds. The quantitative estimate of drug-likeness (QED) is 0.853. The number of pyridine rings is 1. The first-order valence-electron chi connectivity index (χ1n) is 5.52. The Bertz CT molecular complexity index is 519. The molecule has 0 atom stereocenters. The van der Waals surface area contributed by atoms with Gasteiger partial charge in [0, 0.05) is 17.3 Å². The molecule has 94 valence electrons. The van der Waals surface area contributed by atoms with Crippen molar-refractivity contribution >= 4 is 17.4 Å². The third-order valence-electron chi connectivity index (χ3n) is 2.02. The summed E-state index contributed by atoms with van der Waals surface area (Å²) in [6.45, 7) is 3.86. The van der Waals surface area contributed by atoms with Crippen molar-refractivity contribution < 1.29 is 4.74 Å². The predicted octanol–water partition coefficient (Wildman–Crippen LogP) is 2.39. The lowest BCUT2D eigenvalue weighted by atomic mass is 10.4. The maximum absolute atomic E-state index is 5.99. The topological polar surface area (TPSA) is 73.9 Å². The number of rotatable bonds is 4. The lowest BCUT2D eigenvalue weighted by Crippen LogP contribution is -2.09. The minimum Gasteiger partial charge on any atom is -0.473 e. The molecule has 0 radical (unpaired) electrons. The van der Waals surface area contributed by atoms with E-state index in [4.69, 9.17) is 10.5 Å². The summed E-state index contributed by atoms with van der Waals surface area (Å²) in [5.41, 5.74) is 6.46. The molecule has 0 fully saturated rings. The van der Waals surface area contributed by atoms with Gasteiger partial charge >= 0.3 is 0 Å². The molecule has 0 aliphatic heterocycles. The molecular formula is C12H14N4OS. The molecule has 0 aromatic carbocycles. The van der Waals surface area contributed by atoms with Gasteiger partial charge in [0.2, 0.25) is 5.88 Å². The second-order valence-electron chi connectivity index (χ2n) is 3.85. The Balaban J connectivity index is 2.23. The molecule has 2 heterocycles. The minimum absolute atomic E-state index is 0.0287. The van der Waals surface area contributed by atoms with Gasteiger partial charge in [0.25, 0.3) is 0 Å². The number of aromatic nitrogens is 3. The third-order valence-corrected chi connectivity index (χ3v) is 3.05. The van der Waals surface area contributed by atoms with Crippen LogP contribution in [0, 0.1) is 0 Å². The Hall–Kier alpha value is -1.82. The first-order valence-corrected chi connectivity index (χ1v) is 6.33. The van der Waals surface area contributed by atoms with Gasteiger partial charge in [-0.3, -0.25) is 4.98 Å². The molecule has 0 saturated heterocycles. The molecule has 2 rings (SSSR count). The Morgan fingerprint density at radius 2 is 1.94 bits per heavy atom. The van der Waals surface area contributed by atoms with Crippen molar-refractivity contribution in [1.29, 1.82) is 0 Å². The van der Waals surface area contributed by atoms with E-state index >= 15 is 0 Å². The second kappa shape index (κ2) is 5.68. The average Bonchev–Trinajstić information content (AvgIpc) is 2.35. The molecule has 2 N–H and O–H groups in total. The van der Waals surface area contributed by atoms with Gasteiger partial charge in [-0.1, -0.05) is 11.8 Å². The maximum Gasteiger partial charge on any atom is 0.241 e. The zero-order valence-corrected chi connectivity index (χ0v) is 11.0. The van der Waals surface area contributed by atoms with Gasteiger partial charge < -0.3 is 10.5 Å². The second-order valence-corrected chi connectivity index (χ2v) is 4.91. The summed E-state index contributed by atoms with van der Waals surface area (Å²) in [5.74, 6) is 0.427. The van der Waals surface area contributed by atoms with Crippen LogP contribution in [-0.4, -0.2) is 21.1 Å². The highest BCUT2D eigenvalue weighted by Crippen LogP contribution is 2.33. The zero-order chi connectivity index (χ0) is 13.0. The van der Waals surface area contributed by atoms with E-state index in [-0.39, 0.29) is 6.10 Å². The summed E-state index contributed by atoms with van der Waals surface area (Å²) >= 11 is 1.46. The number of nitrogens with zero attached hydrogens (tertiary/aromatic N) is 3. The summed E-state index contributed by atoms with van der Waals surface area (Å²) in [4.78, 5) is 13.2. The van der Waals surface area contributed by atoms with E-state index in [0.717, 1.165) is 4.90 Å². The number of anilines is 1. The molecule has 0 spiro atoms. The first-order chi connectivity index (χ1) is 8.66. The van der Waals surface area contributed by atoms with E-state index in [0.29, 0.717) is 16.6 Å². The van der Waals surface area contributed by atoms with Gasteiger partial charge in [0.1, 0.15) is 17.0 Å². The number of ether oxygens (including phenoxy) is 1. The molecule has 0 saturated carbocycles. The molecule has 2 aromatic rings. The van der Waals surface area contributed by atoms with Gasteiger partial charge in [0.15, 0.2) is 0 Å². The highest BCUT2D eigenvalue weighted by atomic mass is 32.2. The fourth-order valence-electron chi connectivity index (χ4n) is 1.28. The van der Waals surface area contributed by atoms with E-state index in [2.05, 4.69) is 15.0 Å². The standard InChI is InChI=1S/C12H14N4OS/c1-8(2)17-11-10(13)12(16-7-15-11)18-9-3-5-14-6-4-9/h3-8H,13H2,1-2H3. The van der Waals surface area contributed by atoms with Crippen LogP contribution in [0.3, 0.4) is 0 Å². The van der Waals surface area contributed by atoms with Crippen molar-refractivity contribution in [2.24, 2.45) is 0 Å². The van der Waals surface area contributed by atoms with Crippen molar-refractivity contribution in [3.63, 3.8) is 0 Å². The first kappa shape index (κ1) is 12.6. The van der Waals surface area contributed by atoms with Crippen LogP contribution >= 0.6 is 11.8 Å². The molecule has 2 aromatic heterocycles. The molecule has 0 aliphatic carbocycles. The summed E-state index contributed by atoms with van der Waals surface area (Å²) < 4.78 is 5.52. The summed E-state index contributed by atoms with van der Waals surface area (Å²) in [7, 11) is 0. The summed E-state index contributed by atoms with van der Waals surface area (Å²) in [5, 5.41) is 0.687. The lowest BCUT2D eigenvalue weighted by Gasteiger charge is -2.12. The van der Waals surface area contributed by atoms with Crippen LogP contribution < -0.4 is 10.5 Å². The molecule has 18 heavy (non-hydrogen) atoms. The normalized spacial score (nSPS) is 10.6. The lowest BCUT2D eigenvalue weighted by molar-refractivity contribution is 0.233. The molecular weight excluding hydrogens is 248 g/mol. The van der Waals surface area contributed by atoms with Gasteiger partial charge in [-0.05, 0) is 26.0 Å². The largest absolute Gasteiger partial charge is 0.473 e. The minimum atomic E-state index is 0.0287. The van der Waals surface area contributed by atoms with Crippen molar-refractivity contribution in [3.05, 3.63) is 30.9 Å². The van der Waals surface area contributed by atoms with Crippen LogP contribution in [0.15, 0.2) is 40.8 Å². The summed E-state index contributed by atoms with van der Waals surface area (Å²) in [6, 6.07) is 3.80. The van der Waals surface area contributed by atoms with Crippen LogP contribution in [0.1, 0.15) is 13.8 Å². The van der Waals surface area contributed by atoms with Crippen molar-refractivity contribution in [2.45, 2.75) is 29.9 Å². The van der Waals surface area contributed by atoms with E-state index in [1.54, 1.807) is 12.4 Å². The van der Waals surface area contributed by atoms with Gasteiger partial charge in [-0.15, -0.1) is 0 Å². The molecule has 6 heteroatoms. The molecule has 0 bridgehead atoms. The Labute approximate surface area is 110 Å². The Kier molecular flexibility index (Phi) is 3.99. The van der Waals surface area contributed by atoms with Crippen LogP contribution in [0.5, 0.6) is 5.88 Å². The Morgan fingerprint density at radius 3 is 2.61 bits per heavy atom. The van der Waals surface area contributed by atoms with Crippen molar-refractivity contribution in [3.8, 4) is 5.88 Å². The molecule has 5 nitrogen and oxygen atoms in total. The monoisotopic (exact) mass is 262 g/mol. The Morgan fingerprint density at radius 1 is 1.22 bits per heavy atom. The molecule has 0 aliphatic rings. The highest BCUT2D eigenvalue weighted by molar-refractivity contribution is 7.99. The molecule has 0 unspecified atom stereocenters. The van der Waals surface area contributed by atoms with Crippen molar-refractivity contribution in [1.82, 2.24) is 15.0 Å². The average molecular weight is 262 g/mol. The number of nitrogens with two attached hydrogens (primary N) is 1. The van der Waals surface area contributed by atoms with E-state index in [1.807, 2.05) is 26.0 Å². The van der Waals surface area contributed by atoms with E-state index in [1.165, 1.54) is 18.1 Å². The zero-order valence-electron chi connectivity index (χ0n) is 10.2. The van der Waals surface area contributed by atoms with Gasteiger partial charge in [0.05, 0.1) is 6.10 Å². The fraction of sp³-hybridized carbons (Fsp3) is 0.250. The van der Waals surface area contributed by atoms with Crippen LogP contribution in [0.2, 0.25) is 0 Å². The third kappa shape index (κ3) is 3.10. The van der Waals surface area contributed by atoms with Crippen LogP contribution in [-0.2, 0) is 0 Å². The van der Waals surface area contributed by atoms with E-state index < -0.39 is 0 Å². The van der Waals surface area contributed by atoms with E-state index in [9.17, 15) is 0 Å². The van der Waals surface area contributed by atoms with Crippen LogP contribution in [0.4, 0.5) is 5.69 Å². The predicted molar refractivity (Wildman–Crippen MR) is 70.6 cm³/mol. The number of hydrogen-bond acceptors (Lipinski definition) is 6. The van der Waals surface area contributed by atoms with Gasteiger partial charge in [-0.2, -0.15) is 4.98 Å².